The number of ether oxygens (including phenoxy) is 1. The van der Waals surface area contributed by atoms with E-state index in [4.69, 9.17) is 4.74 Å². The van der Waals surface area contributed by atoms with E-state index in [1.807, 2.05) is 24.9 Å². The van der Waals surface area contributed by atoms with Gasteiger partial charge >= 0.3 is 0 Å². The number of thioether (sulfide) groups is 1. The van der Waals surface area contributed by atoms with Gasteiger partial charge in [0, 0.05) is 35.3 Å². The van der Waals surface area contributed by atoms with E-state index < -0.39 is 0 Å². The first-order valence-electron chi connectivity index (χ1n) is 8.15. The van der Waals surface area contributed by atoms with Crippen molar-refractivity contribution >= 4 is 11.8 Å². The van der Waals surface area contributed by atoms with Gasteiger partial charge in [0.25, 0.3) is 5.56 Å². The first-order chi connectivity index (χ1) is 11.1. The number of rotatable bonds is 6. The zero-order valence-corrected chi connectivity index (χ0v) is 14.8. The molecule has 0 spiro atoms. The fraction of sp³-hybridized carbons (Fsp3) is 0.421. The number of hydrogen-bond acceptors (Lipinski definition) is 3. The van der Waals surface area contributed by atoms with E-state index in [1.165, 1.54) is 17.7 Å². The van der Waals surface area contributed by atoms with Gasteiger partial charge in [0.2, 0.25) is 0 Å². The van der Waals surface area contributed by atoms with Crippen LogP contribution in [0.2, 0.25) is 0 Å². The van der Waals surface area contributed by atoms with Crippen LogP contribution in [0.3, 0.4) is 0 Å². The fourth-order valence-corrected chi connectivity index (χ4v) is 3.30. The molecule has 0 saturated heterocycles. The lowest BCUT2D eigenvalue weighted by Gasteiger charge is -2.15. The third-order valence-electron chi connectivity index (χ3n) is 4.16. The van der Waals surface area contributed by atoms with E-state index in [0.717, 1.165) is 34.8 Å². The molecule has 1 saturated carbocycles. The standard InChI is InChI=1S/C19H23NO2S/c1-4-23-15-7-8-18(22-12-14-5-6-14)16(10-15)17-11-20(3)19(21)9-13(17)2/h7-11,14H,4-6,12H2,1-3H3. The topological polar surface area (TPSA) is 31.2 Å². The summed E-state index contributed by atoms with van der Waals surface area (Å²) >= 11 is 1.82. The molecular formula is C19H23NO2S. The zero-order valence-electron chi connectivity index (χ0n) is 14.0. The average Bonchev–Trinajstić information content (AvgIpc) is 3.34. The molecule has 4 heteroatoms. The van der Waals surface area contributed by atoms with Crippen LogP contribution in [0.5, 0.6) is 5.75 Å². The van der Waals surface area contributed by atoms with Gasteiger partial charge < -0.3 is 9.30 Å². The Hall–Kier alpha value is -1.68. The monoisotopic (exact) mass is 329 g/mol. The molecule has 0 bridgehead atoms. The quantitative estimate of drug-likeness (QED) is 0.742. The summed E-state index contributed by atoms with van der Waals surface area (Å²) < 4.78 is 7.71. The highest BCUT2D eigenvalue weighted by Gasteiger charge is 2.22. The molecule has 3 nitrogen and oxygen atoms in total. The second-order valence-corrected chi connectivity index (χ2v) is 7.50. The lowest BCUT2D eigenvalue weighted by Crippen LogP contribution is -2.15. The van der Waals surface area contributed by atoms with Gasteiger partial charge in [0.15, 0.2) is 0 Å². The number of nitrogens with zero attached hydrogens (tertiary/aromatic N) is 1. The molecule has 2 aromatic rings. The predicted octanol–water partition coefficient (Wildman–Crippen LogP) is 4.26. The van der Waals surface area contributed by atoms with Crippen molar-refractivity contribution in [2.24, 2.45) is 13.0 Å². The summed E-state index contributed by atoms with van der Waals surface area (Å²) in [5.74, 6) is 2.67. The number of aromatic nitrogens is 1. The first kappa shape index (κ1) is 16.2. The third kappa shape index (κ3) is 3.81. The molecule has 1 aliphatic carbocycles. The van der Waals surface area contributed by atoms with Crippen LogP contribution in [0.25, 0.3) is 11.1 Å². The van der Waals surface area contributed by atoms with Crippen molar-refractivity contribution in [3.8, 4) is 16.9 Å². The van der Waals surface area contributed by atoms with Crippen LogP contribution in [0, 0.1) is 12.8 Å². The minimum Gasteiger partial charge on any atom is -0.493 e. The highest BCUT2D eigenvalue weighted by Crippen LogP contribution is 2.37. The second-order valence-electron chi connectivity index (χ2n) is 6.16. The van der Waals surface area contributed by atoms with Crippen molar-refractivity contribution < 1.29 is 4.74 Å². The molecule has 1 fully saturated rings. The van der Waals surface area contributed by atoms with E-state index in [9.17, 15) is 4.79 Å². The number of hydrogen-bond donors (Lipinski definition) is 0. The van der Waals surface area contributed by atoms with Gasteiger partial charge in [-0.3, -0.25) is 4.79 Å². The highest BCUT2D eigenvalue weighted by molar-refractivity contribution is 7.99. The highest BCUT2D eigenvalue weighted by atomic mass is 32.2. The van der Waals surface area contributed by atoms with E-state index in [2.05, 4.69) is 25.1 Å². The molecule has 0 aliphatic heterocycles. The number of pyridine rings is 1. The Morgan fingerprint density at radius 3 is 2.74 bits per heavy atom. The van der Waals surface area contributed by atoms with Crippen LogP contribution in [0.15, 0.2) is 40.2 Å². The van der Waals surface area contributed by atoms with Crippen molar-refractivity contribution in [3.05, 3.63) is 46.4 Å². The average molecular weight is 329 g/mol. The molecule has 1 aromatic carbocycles. The second kappa shape index (κ2) is 6.83. The molecule has 1 aliphatic rings. The zero-order chi connectivity index (χ0) is 16.4. The van der Waals surface area contributed by atoms with Gasteiger partial charge in [0.05, 0.1) is 6.61 Å². The van der Waals surface area contributed by atoms with E-state index in [-0.39, 0.29) is 5.56 Å². The maximum absolute atomic E-state index is 11.8. The van der Waals surface area contributed by atoms with Gasteiger partial charge in [-0.15, -0.1) is 11.8 Å². The van der Waals surface area contributed by atoms with E-state index in [1.54, 1.807) is 17.7 Å². The Morgan fingerprint density at radius 1 is 1.26 bits per heavy atom. The normalized spacial score (nSPS) is 14.0. The lowest BCUT2D eigenvalue weighted by molar-refractivity contribution is 0.301. The van der Waals surface area contributed by atoms with Crippen LogP contribution in [-0.4, -0.2) is 16.9 Å². The van der Waals surface area contributed by atoms with Crippen LogP contribution in [0.1, 0.15) is 25.3 Å². The molecule has 23 heavy (non-hydrogen) atoms. The lowest BCUT2D eigenvalue weighted by atomic mass is 10.0. The minimum absolute atomic E-state index is 0.0192. The van der Waals surface area contributed by atoms with Crippen molar-refractivity contribution in [1.29, 1.82) is 0 Å². The molecule has 0 radical (unpaired) electrons. The Bertz CT molecular complexity index is 762. The summed E-state index contributed by atoms with van der Waals surface area (Å²) in [5, 5.41) is 0. The largest absolute Gasteiger partial charge is 0.493 e. The maximum Gasteiger partial charge on any atom is 0.250 e. The van der Waals surface area contributed by atoms with Crippen LogP contribution in [0.4, 0.5) is 0 Å². The van der Waals surface area contributed by atoms with Gasteiger partial charge in [-0.2, -0.15) is 0 Å². The minimum atomic E-state index is 0.0192. The van der Waals surface area contributed by atoms with Crippen LogP contribution < -0.4 is 10.3 Å². The molecule has 1 heterocycles. The van der Waals surface area contributed by atoms with Gasteiger partial charge in [-0.1, -0.05) is 6.92 Å². The molecule has 0 amide bonds. The van der Waals surface area contributed by atoms with Gasteiger partial charge in [-0.25, -0.2) is 0 Å². The summed E-state index contributed by atoms with van der Waals surface area (Å²) in [5.41, 5.74) is 3.16. The van der Waals surface area contributed by atoms with Crippen molar-refractivity contribution in [1.82, 2.24) is 4.57 Å². The summed E-state index contributed by atoms with van der Waals surface area (Å²) in [6.45, 7) is 4.93. The van der Waals surface area contributed by atoms with E-state index >= 15 is 0 Å². The number of aryl methyl sites for hydroxylation is 2. The van der Waals surface area contributed by atoms with Crippen molar-refractivity contribution in [3.63, 3.8) is 0 Å². The molecule has 0 unspecified atom stereocenters. The Labute approximate surface area is 141 Å². The molecular weight excluding hydrogens is 306 g/mol. The van der Waals surface area contributed by atoms with Crippen molar-refractivity contribution in [2.45, 2.75) is 31.6 Å². The summed E-state index contributed by atoms with van der Waals surface area (Å²) in [7, 11) is 1.79. The van der Waals surface area contributed by atoms with Gasteiger partial charge in [0.1, 0.15) is 5.75 Å². The Balaban J connectivity index is 2.04. The summed E-state index contributed by atoms with van der Waals surface area (Å²) in [4.78, 5) is 13.1. The Morgan fingerprint density at radius 2 is 2.04 bits per heavy atom. The molecule has 0 atom stereocenters. The smallest absolute Gasteiger partial charge is 0.250 e. The molecule has 0 N–H and O–H groups in total. The Kier molecular flexibility index (Phi) is 4.81. The van der Waals surface area contributed by atoms with Gasteiger partial charge in [-0.05, 0) is 55.2 Å². The molecule has 3 rings (SSSR count). The SMILES string of the molecule is CCSc1ccc(OCC2CC2)c(-c2cn(C)c(=O)cc2C)c1. The maximum atomic E-state index is 11.8. The summed E-state index contributed by atoms with van der Waals surface area (Å²) in [6, 6.07) is 8.07. The number of benzene rings is 1. The van der Waals surface area contributed by atoms with Crippen LogP contribution in [-0.2, 0) is 7.05 Å². The fourth-order valence-electron chi connectivity index (χ4n) is 2.60. The van der Waals surface area contributed by atoms with E-state index in [0.29, 0.717) is 5.92 Å². The third-order valence-corrected chi connectivity index (χ3v) is 5.03. The van der Waals surface area contributed by atoms with Crippen LogP contribution >= 0.6 is 11.8 Å². The summed E-state index contributed by atoms with van der Waals surface area (Å²) in [6.07, 6.45) is 4.47. The molecule has 122 valence electrons. The predicted molar refractivity (Wildman–Crippen MR) is 96.5 cm³/mol. The molecule has 1 aromatic heterocycles. The van der Waals surface area contributed by atoms with Crippen molar-refractivity contribution in [2.75, 3.05) is 12.4 Å². The first-order valence-corrected chi connectivity index (χ1v) is 9.14.